The van der Waals surface area contributed by atoms with Gasteiger partial charge in [0.15, 0.2) is 0 Å². The minimum Gasteiger partial charge on any atom is -0.387 e. The van der Waals surface area contributed by atoms with Gasteiger partial charge in [0.25, 0.3) is 0 Å². The molecule has 0 heterocycles. The summed E-state index contributed by atoms with van der Waals surface area (Å²) in [5, 5.41) is 16.0. The van der Waals surface area contributed by atoms with Crippen molar-refractivity contribution in [2.45, 2.75) is 38.2 Å². The van der Waals surface area contributed by atoms with E-state index in [-0.39, 0.29) is 30.7 Å². The summed E-state index contributed by atoms with van der Waals surface area (Å²) >= 11 is 5.86. The van der Waals surface area contributed by atoms with Crippen LogP contribution in [-0.2, 0) is 9.59 Å². The number of hydrogen-bond acceptors (Lipinski definition) is 3. The van der Waals surface area contributed by atoms with Gasteiger partial charge in [-0.3, -0.25) is 9.59 Å². The number of benzene rings is 1. The Balaban J connectivity index is 1.63. The second-order valence-corrected chi connectivity index (χ2v) is 6.33. The molecule has 1 atom stereocenters. The Hall–Kier alpha value is -1.59. The first-order chi connectivity index (χ1) is 11.1. The topological polar surface area (TPSA) is 78.4 Å². The van der Waals surface area contributed by atoms with Crippen LogP contribution in [0, 0.1) is 5.92 Å². The zero-order chi connectivity index (χ0) is 16.7. The van der Waals surface area contributed by atoms with Crippen LogP contribution in [0.3, 0.4) is 0 Å². The molecule has 2 amide bonds. The summed E-state index contributed by atoms with van der Waals surface area (Å²) in [6, 6.07) is 6.90. The largest absolute Gasteiger partial charge is 0.387 e. The van der Waals surface area contributed by atoms with E-state index in [4.69, 9.17) is 11.6 Å². The van der Waals surface area contributed by atoms with Gasteiger partial charge in [-0.15, -0.1) is 0 Å². The molecule has 126 valence electrons. The normalized spacial score (nSPS) is 16.1. The lowest BCUT2D eigenvalue weighted by Crippen LogP contribution is -2.34. The van der Waals surface area contributed by atoms with Gasteiger partial charge < -0.3 is 15.7 Å². The summed E-state index contributed by atoms with van der Waals surface area (Å²) in [6.07, 6.45) is 3.53. The Bertz CT molecular complexity index is 544. The lowest BCUT2D eigenvalue weighted by Gasteiger charge is -2.13. The number of rotatable bonds is 7. The maximum absolute atomic E-state index is 11.8. The fraction of sp³-hybridized carbons (Fsp3) is 0.529. The van der Waals surface area contributed by atoms with Crippen molar-refractivity contribution in [3.05, 3.63) is 34.9 Å². The number of carbonyl (C=O) groups excluding carboxylic acids is 2. The third kappa shape index (κ3) is 5.84. The molecule has 1 fully saturated rings. The van der Waals surface area contributed by atoms with Crippen molar-refractivity contribution in [1.82, 2.24) is 10.6 Å². The lowest BCUT2D eigenvalue weighted by atomic mass is 10.1. The number of amides is 2. The van der Waals surface area contributed by atoms with Gasteiger partial charge in [-0.1, -0.05) is 36.6 Å². The molecular weight excluding hydrogens is 316 g/mol. The highest BCUT2D eigenvalue weighted by Gasteiger charge is 2.22. The van der Waals surface area contributed by atoms with E-state index < -0.39 is 6.10 Å². The predicted octanol–water partition coefficient (Wildman–Crippen LogP) is 2.19. The van der Waals surface area contributed by atoms with E-state index >= 15 is 0 Å². The minimum absolute atomic E-state index is 0.0502. The lowest BCUT2D eigenvalue weighted by molar-refractivity contribution is -0.125. The maximum atomic E-state index is 11.8. The van der Waals surface area contributed by atoms with Crippen molar-refractivity contribution in [1.29, 1.82) is 0 Å². The van der Waals surface area contributed by atoms with Crippen LogP contribution in [0.1, 0.15) is 43.8 Å². The highest BCUT2D eigenvalue weighted by molar-refractivity contribution is 6.30. The van der Waals surface area contributed by atoms with Crippen molar-refractivity contribution < 1.29 is 14.7 Å². The summed E-state index contributed by atoms with van der Waals surface area (Å²) in [5.74, 6) is -0.0326. The van der Waals surface area contributed by atoms with Crippen LogP contribution >= 0.6 is 11.6 Å². The molecule has 1 aliphatic rings. The molecule has 0 bridgehead atoms. The molecule has 5 nitrogen and oxygen atoms in total. The van der Waals surface area contributed by atoms with E-state index in [1.807, 2.05) is 0 Å². The summed E-state index contributed by atoms with van der Waals surface area (Å²) < 4.78 is 0. The first-order valence-electron chi connectivity index (χ1n) is 8.04. The van der Waals surface area contributed by atoms with E-state index in [1.54, 1.807) is 24.3 Å². The summed E-state index contributed by atoms with van der Waals surface area (Å²) in [6.45, 7) is 0.449. The molecule has 0 saturated heterocycles. The zero-order valence-corrected chi connectivity index (χ0v) is 13.8. The van der Waals surface area contributed by atoms with Crippen LogP contribution < -0.4 is 10.6 Å². The third-order valence-electron chi connectivity index (χ3n) is 4.10. The van der Waals surface area contributed by atoms with Crippen molar-refractivity contribution in [3.8, 4) is 0 Å². The smallest absolute Gasteiger partial charge is 0.223 e. The van der Waals surface area contributed by atoms with Crippen molar-refractivity contribution in [2.24, 2.45) is 5.92 Å². The Kier molecular flexibility index (Phi) is 6.86. The number of aliphatic hydroxyl groups excluding tert-OH is 1. The maximum Gasteiger partial charge on any atom is 0.223 e. The molecule has 1 unspecified atom stereocenters. The van der Waals surface area contributed by atoms with Crippen LogP contribution in [0.5, 0.6) is 0 Å². The molecule has 0 radical (unpaired) electrons. The molecule has 3 N–H and O–H groups in total. The fourth-order valence-electron chi connectivity index (χ4n) is 2.76. The Morgan fingerprint density at radius 2 is 2.00 bits per heavy atom. The van der Waals surface area contributed by atoms with Crippen LogP contribution in [-0.4, -0.2) is 30.0 Å². The minimum atomic E-state index is -0.800. The molecule has 0 spiro atoms. The second kappa shape index (κ2) is 8.89. The molecule has 1 aromatic rings. The number of carbonyl (C=O) groups is 2. The Labute approximate surface area is 141 Å². The summed E-state index contributed by atoms with van der Waals surface area (Å²) in [5.41, 5.74) is 0.660. The third-order valence-corrected chi connectivity index (χ3v) is 4.34. The molecule has 1 aliphatic carbocycles. The predicted molar refractivity (Wildman–Crippen MR) is 89.0 cm³/mol. The van der Waals surface area contributed by atoms with Gasteiger partial charge in [-0.2, -0.15) is 0 Å². The van der Waals surface area contributed by atoms with Crippen LogP contribution in [0.2, 0.25) is 5.02 Å². The van der Waals surface area contributed by atoms with Gasteiger partial charge in [0.2, 0.25) is 11.8 Å². The average molecular weight is 339 g/mol. The van der Waals surface area contributed by atoms with Crippen LogP contribution in [0.4, 0.5) is 0 Å². The van der Waals surface area contributed by atoms with E-state index in [9.17, 15) is 14.7 Å². The average Bonchev–Trinajstić information content (AvgIpc) is 3.07. The SMILES string of the molecule is O=C(CCNC(=O)C1CCCC1)NCC(O)c1cccc(Cl)c1. The summed E-state index contributed by atoms with van der Waals surface area (Å²) in [4.78, 5) is 23.6. The number of hydrogen-bond donors (Lipinski definition) is 3. The van der Waals surface area contributed by atoms with Gasteiger partial charge in [0.05, 0.1) is 6.10 Å². The monoisotopic (exact) mass is 338 g/mol. The van der Waals surface area contributed by atoms with E-state index in [1.165, 1.54) is 0 Å². The van der Waals surface area contributed by atoms with Gasteiger partial charge >= 0.3 is 0 Å². The van der Waals surface area contributed by atoms with Crippen molar-refractivity contribution >= 4 is 23.4 Å². The molecule has 1 aromatic carbocycles. The standard InChI is InChI=1S/C17H23ClN2O3/c18-14-7-3-6-13(10-14)15(21)11-20-16(22)8-9-19-17(23)12-4-1-2-5-12/h3,6-7,10,12,15,21H,1-2,4-5,8-9,11H2,(H,19,23)(H,20,22). The Morgan fingerprint density at radius 1 is 1.26 bits per heavy atom. The van der Waals surface area contributed by atoms with Crippen molar-refractivity contribution in [2.75, 3.05) is 13.1 Å². The second-order valence-electron chi connectivity index (χ2n) is 5.90. The van der Waals surface area contributed by atoms with E-state index in [2.05, 4.69) is 10.6 Å². The molecule has 0 aromatic heterocycles. The molecule has 23 heavy (non-hydrogen) atoms. The Morgan fingerprint density at radius 3 is 2.70 bits per heavy atom. The highest BCUT2D eigenvalue weighted by Crippen LogP contribution is 2.24. The number of halogens is 1. The van der Waals surface area contributed by atoms with Gasteiger partial charge in [0, 0.05) is 30.5 Å². The quantitative estimate of drug-likeness (QED) is 0.713. The molecule has 1 saturated carbocycles. The van der Waals surface area contributed by atoms with E-state index in [0.717, 1.165) is 25.7 Å². The van der Waals surface area contributed by atoms with Crippen LogP contribution in [0.25, 0.3) is 0 Å². The molecule has 0 aliphatic heterocycles. The van der Waals surface area contributed by atoms with Gasteiger partial charge in [-0.05, 0) is 30.5 Å². The highest BCUT2D eigenvalue weighted by atomic mass is 35.5. The number of nitrogens with one attached hydrogen (secondary N) is 2. The molecule has 6 heteroatoms. The van der Waals surface area contributed by atoms with Crippen LogP contribution in [0.15, 0.2) is 24.3 Å². The fourth-order valence-corrected chi connectivity index (χ4v) is 2.96. The van der Waals surface area contributed by atoms with Crippen molar-refractivity contribution in [3.63, 3.8) is 0 Å². The van der Waals surface area contributed by atoms with E-state index in [0.29, 0.717) is 17.1 Å². The first kappa shape index (κ1) is 17.8. The van der Waals surface area contributed by atoms with Gasteiger partial charge in [-0.25, -0.2) is 0 Å². The van der Waals surface area contributed by atoms with Gasteiger partial charge in [0.1, 0.15) is 0 Å². The molecular formula is C17H23ClN2O3. The first-order valence-corrected chi connectivity index (χ1v) is 8.42. The zero-order valence-electron chi connectivity index (χ0n) is 13.1. The number of aliphatic hydroxyl groups is 1. The summed E-state index contributed by atoms with van der Waals surface area (Å²) in [7, 11) is 0. The molecule has 2 rings (SSSR count).